The monoisotopic (exact) mass is 256 g/mol. The zero-order valence-corrected chi connectivity index (χ0v) is 10.6. The van der Waals surface area contributed by atoms with Crippen LogP contribution >= 0.6 is 35.3 Å². The first-order valence-corrected chi connectivity index (χ1v) is 6.78. The van der Waals surface area contributed by atoms with Crippen LogP contribution in [0.4, 0.5) is 4.39 Å². The first-order valence-electron chi connectivity index (χ1n) is 4.57. The molecule has 4 heteroatoms. The van der Waals surface area contributed by atoms with Crippen LogP contribution in [-0.4, -0.2) is 9.95 Å². The van der Waals surface area contributed by atoms with Crippen molar-refractivity contribution in [2.45, 2.75) is 6.92 Å². The lowest BCUT2D eigenvalue weighted by molar-refractivity contribution is 0.640. The van der Waals surface area contributed by atoms with E-state index in [2.05, 4.69) is 6.92 Å². The van der Waals surface area contributed by atoms with Crippen LogP contribution in [0.3, 0.4) is 0 Å². The van der Waals surface area contributed by atoms with Crippen molar-refractivity contribution < 1.29 is 4.39 Å². The molecule has 0 nitrogen and oxygen atoms in total. The first-order chi connectivity index (χ1) is 7.22. The maximum Gasteiger partial charge on any atom is 0.131 e. The van der Waals surface area contributed by atoms with Crippen molar-refractivity contribution in [2.75, 3.05) is 5.75 Å². The largest absolute Gasteiger partial charge is 0.206 e. The van der Waals surface area contributed by atoms with Crippen molar-refractivity contribution in [3.8, 4) is 0 Å². The fourth-order valence-corrected chi connectivity index (χ4v) is 3.54. The molecular weight excluding hydrogens is 247 g/mol. The van der Waals surface area contributed by atoms with Crippen LogP contribution in [0.5, 0.6) is 0 Å². The van der Waals surface area contributed by atoms with E-state index in [-0.39, 0.29) is 5.82 Å². The summed E-state index contributed by atoms with van der Waals surface area (Å²) >= 11 is 8.44. The van der Waals surface area contributed by atoms with E-state index in [0.29, 0.717) is 5.39 Å². The second-order valence-electron chi connectivity index (χ2n) is 2.98. The summed E-state index contributed by atoms with van der Waals surface area (Å²) in [6.07, 6.45) is 0. The number of halogens is 1. The first kappa shape index (κ1) is 11.0. The van der Waals surface area contributed by atoms with E-state index in [9.17, 15) is 4.39 Å². The minimum Gasteiger partial charge on any atom is -0.206 e. The minimum atomic E-state index is -0.167. The van der Waals surface area contributed by atoms with Crippen molar-refractivity contribution in [1.29, 1.82) is 0 Å². The molecule has 15 heavy (non-hydrogen) atoms. The summed E-state index contributed by atoms with van der Waals surface area (Å²) in [4.78, 5) is 0.997. The van der Waals surface area contributed by atoms with Gasteiger partial charge in [-0.15, -0.1) is 23.1 Å². The molecule has 1 aromatic heterocycles. The van der Waals surface area contributed by atoms with E-state index >= 15 is 0 Å². The zero-order valence-electron chi connectivity index (χ0n) is 8.12. The van der Waals surface area contributed by atoms with Crippen LogP contribution in [-0.2, 0) is 0 Å². The van der Waals surface area contributed by atoms with Gasteiger partial charge in [0.25, 0.3) is 0 Å². The van der Waals surface area contributed by atoms with Crippen LogP contribution in [0.2, 0.25) is 0 Å². The van der Waals surface area contributed by atoms with Crippen molar-refractivity contribution >= 4 is 49.6 Å². The summed E-state index contributed by atoms with van der Waals surface area (Å²) in [6.45, 7) is 2.06. The molecule has 1 heterocycles. The summed E-state index contributed by atoms with van der Waals surface area (Å²) in [5.74, 6) is 0.787. The number of thioether (sulfide) groups is 1. The number of hydrogen-bond donors (Lipinski definition) is 0. The van der Waals surface area contributed by atoms with Gasteiger partial charge in [0.15, 0.2) is 0 Å². The number of benzene rings is 1. The Bertz CT molecular complexity index is 502. The van der Waals surface area contributed by atoms with Crippen molar-refractivity contribution in [1.82, 2.24) is 0 Å². The smallest absolute Gasteiger partial charge is 0.131 e. The van der Waals surface area contributed by atoms with Crippen molar-refractivity contribution in [3.05, 3.63) is 35.0 Å². The lowest BCUT2D eigenvalue weighted by Gasteiger charge is -1.94. The molecule has 0 atom stereocenters. The van der Waals surface area contributed by atoms with Crippen molar-refractivity contribution in [3.63, 3.8) is 0 Å². The predicted molar refractivity (Wildman–Crippen MR) is 71.6 cm³/mol. The maximum atomic E-state index is 13.4. The number of rotatable bonds is 2. The fraction of sp³-hybridized carbons (Fsp3) is 0.182. The topological polar surface area (TPSA) is 0 Å². The molecule has 0 aliphatic carbocycles. The van der Waals surface area contributed by atoms with E-state index in [1.54, 1.807) is 29.2 Å². The van der Waals surface area contributed by atoms with Crippen LogP contribution in [0.25, 0.3) is 10.1 Å². The van der Waals surface area contributed by atoms with Gasteiger partial charge in [-0.25, -0.2) is 4.39 Å². The lowest BCUT2D eigenvalue weighted by atomic mass is 10.2. The molecule has 0 aliphatic rings. The number of thiophene rings is 1. The van der Waals surface area contributed by atoms with Gasteiger partial charge in [-0.1, -0.05) is 25.2 Å². The molecule has 2 aromatic rings. The fourth-order valence-electron chi connectivity index (χ4n) is 1.33. The zero-order chi connectivity index (χ0) is 10.8. The van der Waals surface area contributed by atoms with E-state index in [1.807, 2.05) is 12.1 Å². The van der Waals surface area contributed by atoms with Crippen LogP contribution in [0, 0.1) is 5.82 Å². The molecule has 0 spiro atoms. The molecule has 0 unspecified atom stereocenters. The Morgan fingerprint density at radius 1 is 1.53 bits per heavy atom. The molecule has 0 bridgehead atoms. The lowest BCUT2D eigenvalue weighted by Crippen LogP contribution is -1.86. The van der Waals surface area contributed by atoms with Crippen LogP contribution in [0.15, 0.2) is 24.3 Å². The second kappa shape index (κ2) is 4.60. The quantitative estimate of drug-likeness (QED) is 0.727. The van der Waals surface area contributed by atoms with Gasteiger partial charge in [-0.3, -0.25) is 0 Å². The van der Waals surface area contributed by atoms with Gasteiger partial charge < -0.3 is 0 Å². The highest BCUT2D eigenvalue weighted by molar-refractivity contribution is 8.23. The van der Waals surface area contributed by atoms with Crippen molar-refractivity contribution in [2.24, 2.45) is 0 Å². The van der Waals surface area contributed by atoms with Gasteiger partial charge in [-0.05, 0) is 24.0 Å². The Labute approximate surface area is 101 Å². The number of fused-ring (bicyclic) bond motifs is 1. The van der Waals surface area contributed by atoms with Gasteiger partial charge in [0.1, 0.15) is 5.82 Å². The third-order valence-electron chi connectivity index (χ3n) is 1.98. The molecule has 0 saturated carbocycles. The Balaban J connectivity index is 2.47. The molecule has 0 N–H and O–H groups in total. The van der Waals surface area contributed by atoms with Gasteiger partial charge >= 0.3 is 0 Å². The maximum absolute atomic E-state index is 13.4. The third kappa shape index (κ3) is 2.22. The van der Waals surface area contributed by atoms with Crippen LogP contribution < -0.4 is 0 Å². The molecule has 1 aromatic carbocycles. The average molecular weight is 256 g/mol. The third-order valence-corrected chi connectivity index (χ3v) is 4.71. The Kier molecular flexibility index (Phi) is 3.38. The summed E-state index contributed by atoms with van der Waals surface area (Å²) in [7, 11) is 0. The van der Waals surface area contributed by atoms with Gasteiger partial charge in [0.2, 0.25) is 0 Å². The van der Waals surface area contributed by atoms with E-state index in [0.717, 1.165) is 19.5 Å². The molecule has 0 amide bonds. The molecule has 78 valence electrons. The van der Waals surface area contributed by atoms with Gasteiger partial charge in [0.05, 0.1) is 9.07 Å². The minimum absolute atomic E-state index is 0.167. The molecule has 2 rings (SSSR count). The van der Waals surface area contributed by atoms with Gasteiger partial charge in [-0.2, -0.15) is 0 Å². The average Bonchev–Trinajstić information content (AvgIpc) is 2.63. The van der Waals surface area contributed by atoms with E-state index < -0.39 is 0 Å². The Morgan fingerprint density at radius 2 is 2.33 bits per heavy atom. The number of hydrogen-bond acceptors (Lipinski definition) is 3. The SMILES string of the molecule is CCSC(=S)c1cc2c(F)cccc2s1. The highest BCUT2D eigenvalue weighted by atomic mass is 32.2. The van der Waals surface area contributed by atoms with Crippen LogP contribution in [0.1, 0.15) is 11.8 Å². The van der Waals surface area contributed by atoms with Gasteiger partial charge in [0, 0.05) is 10.1 Å². The normalized spacial score (nSPS) is 10.8. The highest BCUT2D eigenvalue weighted by Crippen LogP contribution is 2.30. The van der Waals surface area contributed by atoms with E-state index in [1.165, 1.54) is 6.07 Å². The summed E-state index contributed by atoms with van der Waals surface area (Å²) < 4.78 is 15.2. The summed E-state index contributed by atoms with van der Waals surface area (Å²) in [6, 6.07) is 6.98. The van der Waals surface area contributed by atoms with E-state index in [4.69, 9.17) is 12.2 Å². The predicted octanol–water partition coefficient (Wildman–Crippen LogP) is 4.47. The highest BCUT2D eigenvalue weighted by Gasteiger charge is 2.09. The number of thiocarbonyl (C=S) groups is 1. The molecule has 0 aliphatic heterocycles. The summed E-state index contributed by atoms with van der Waals surface area (Å²) in [5, 5.41) is 0.677. The molecular formula is C11H9FS3. The molecule has 0 fully saturated rings. The molecule has 0 radical (unpaired) electrons. The summed E-state index contributed by atoms with van der Waals surface area (Å²) in [5.41, 5.74) is 0. The second-order valence-corrected chi connectivity index (χ2v) is 6.01. The standard InChI is InChI=1S/C11H9FS3/c1-2-14-11(13)10-6-7-8(12)4-3-5-9(7)15-10/h3-6H,2H2,1H3. The molecule has 0 saturated heterocycles. The Hall–Kier alpha value is -0.450. The Morgan fingerprint density at radius 3 is 3.00 bits per heavy atom.